The second-order valence-electron chi connectivity index (χ2n) is 4.60. The highest BCUT2D eigenvalue weighted by Gasteiger charge is 2.08. The molecule has 2 N–H and O–H groups in total. The fourth-order valence-electron chi connectivity index (χ4n) is 1.95. The van der Waals surface area contributed by atoms with Gasteiger partial charge >= 0.3 is 0 Å². The number of halogens is 1. The summed E-state index contributed by atoms with van der Waals surface area (Å²) in [7, 11) is 3.21. The van der Waals surface area contributed by atoms with Crippen LogP contribution in [0.15, 0.2) is 36.4 Å². The number of hydrogen-bond acceptors (Lipinski definition) is 3. The van der Waals surface area contributed by atoms with Crippen molar-refractivity contribution in [1.29, 1.82) is 0 Å². The molecule has 0 heterocycles. The quantitative estimate of drug-likeness (QED) is 0.806. The van der Waals surface area contributed by atoms with Gasteiger partial charge in [-0.2, -0.15) is 0 Å². The molecule has 2 rings (SSSR count). The van der Waals surface area contributed by atoms with Crippen LogP contribution in [0.3, 0.4) is 0 Å². The van der Waals surface area contributed by atoms with Gasteiger partial charge in [-0.05, 0) is 55.0 Å². The Labute approximate surface area is 140 Å². The molecule has 2 aromatic rings. The first-order chi connectivity index (χ1) is 10.5. The zero-order chi connectivity index (χ0) is 16.1. The molecule has 0 aliphatic carbocycles. The second-order valence-corrected chi connectivity index (χ2v) is 5.45. The Hall–Kier alpha value is -1.98. The summed E-state index contributed by atoms with van der Waals surface area (Å²) < 4.78 is 10.5. The summed E-state index contributed by atoms with van der Waals surface area (Å²) in [5, 5.41) is 7.40. The van der Waals surface area contributed by atoms with Gasteiger partial charge in [-0.3, -0.25) is 0 Å². The van der Waals surface area contributed by atoms with Crippen LogP contribution in [0.1, 0.15) is 5.56 Å². The fraction of sp³-hybridized carbons (Fsp3) is 0.188. The summed E-state index contributed by atoms with van der Waals surface area (Å²) >= 11 is 11.3. The van der Waals surface area contributed by atoms with Gasteiger partial charge < -0.3 is 20.1 Å². The van der Waals surface area contributed by atoms with E-state index >= 15 is 0 Å². The molecule has 0 radical (unpaired) electrons. The summed E-state index contributed by atoms with van der Waals surface area (Å²) in [5.41, 5.74) is 2.63. The smallest absolute Gasteiger partial charge is 0.175 e. The van der Waals surface area contributed by atoms with Gasteiger partial charge in [-0.15, -0.1) is 0 Å². The molecule has 0 fully saturated rings. The predicted molar refractivity (Wildman–Crippen MR) is 95.6 cm³/mol. The van der Waals surface area contributed by atoms with Crippen LogP contribution in [0.2, 0.25) is 5.02 Å². The molecule has 6 heteroatoms. The number of benzene rings is 2. The fourth-order valence-corrected chi connectivity index (χ4v) is 2.40. The van der Waals surface area contributed by atoms with Crippen molar-refractivity contribution in [3.63, 3.8) is 0 Å². The third-order valence-corrected chi connectivity index (χ3v) is 3.53. The Bertz CT molecular complexity index is 692. The highest BCUT2D eigenvalue weighted by Crippen LogP contribution is 2.29. The molecule has 0 saturated heterocycles. The number of ether oxygens (including phenoxy) is 2. The number of anilines is 2. The Balaban J connectivity index is 2.14. The van der Waals surface area contributed by atoms with Gasteiger partial charge in [0.05, 0.1) is 19.9 Å². The standard InChI is InChI=1S/C16H17ClN2O2S/c1-10-8-11(17)4-6-13(10)18-16(22)19-14-9-12(20-2)5-7-15(14)21-3/h4-9H,1-3H3,(H2,18,19,22). The molecule has 0 aliphatic rings. The number of rotatable bonds is 4. The lowest BCUT2D eigenvalue weighted by Crippen LogP contribution is -2.20. The largest absolute Gasteiger partial charge is 0.497 e. The molecule has 0 spiro atoms. The Morgan fingerprint density at radius 2 is 1.73 bits per heavy atom. The van der Waals surface area contributed by atoms with Gasteiger partial charge in [-0.25, -0.2) is 0 Å². The number of hydrogen-bond donors (Lipinski definition) is 2. The van der Waals surface area contributed by atoms with Crippen LogP contribution in [0, 0.1) is 6.92 Å². The van der Waals surface area contributed by atoms with Crippen molar-refractivity contribution < 1.29 is 9.47 Å². The van der Waals surface area contributed by atoms with E-state index in [0.717, 1.165) is 16.9 Å². The first-order valence-corrected chi connectivity index (χ1v) is 7.38. The highest BCUT2D eigenvalue weighted by atomic mass is 35.5. The number of thiocarbonyl (C=S) groups is 1. The minimum atomic E-state index is 0.456. The maximum Gasteiger partial charge on any atom is 0.175 e. The molecule has 116 valence electrons. The van der Waals surface area contributed by atoms with E-state index in [1.807, 2.05) is 43.3 Å². The van der Waals surface area contributed by atoms with Crippen molar-refractivity contribution in [2.75, 3.05) is 24.9 Å². The zero-order valence-corrected chi connectivity index (χ0v) is 14.1. The molecule has 0 bridgehead atoms. The molecule has 4 nitrogen and oxygen atoms in total. The minimum absolute atomic E-state index is 0.456. The van der Waals surface area contributed by atoms with E-state index in [-0.39, 0.29) is 0 Å². The van der Waals surface area contributed by atoms with Gasteiger partial charge in [-0.1, -0.05) is 11.6 Å². The van der Waals surface area contributed by atoms with Crippen molar-refractivity contribution >= 4 is 40.3 Å². The molecular formula is C16H17ClN2O2S. The minimum Gasteiger partial charge on any atom is -0.497 e. The molecule has 22 heavy (non-hydrogen) atoms. The molecular weight excluding hydrogens is 320 g/mol. The van der Waals surface area contributed by atoms with E-state index in [1.165, 1.54) is 0 Å². The van der Waals surface area contributed by atoms with Crippen molar-refractivity contribution in [3.05, 3.63) is 47.0 Å². The number of aryl methyl sites for hydroxylation is 1. The Kier molecular flexibility index (Phi) is 5.46. The van der Waals surface area contributed by atoms with Crippen molar-refractivity contribution in [2.24, 2.45) is 0 Å². The molecule has 0 unspecified atom stereocenters. The number of methoxy groups -OCH3 is 2. The first-order valence-electron chi connectivity index (χ1n) is 6.59. The van der Waals surface area contributed by atoms with Crippen LogP contribution in [-0.2, 0) is 0 Å². The summed E-state index contributed by atoms with van der Waals surface area (Å²) in [5.74, 6) is 1.39. The lowest BCUT2D eigenvalue weighted by atomic mass is 10.2. The van der Waals surface area contributed by atoms with Crippen LogP contribution in [0.25, 0.3) is 0 Å². The van der Waals surface area contributed by atoms with E-state index in [9.17, 15) is 0 Å². The Morgan fingerprint density at radius 3 is 2.36 bits per heavy atom. The van der Waals surface area contributed by atoms with E-state index in [4.69, 9.17) is 33.3 Å². The van der Waals surface area contributed by atoms with Crippen LogP contribution < -0.4 is 20.1 Å². The van der Waals surface area contributed by atoms with Gasteiger partial charge in [0.2, 0.25) is 0 Å². The Morgan fingerprint density at radius 1 is 1.00 bits per heavy atom. The van der Waals surface area contributed by atoms with E-state index in [1.54, 1.807) is 14.2 Å². The molecule has 0 atom stereocenters. The maximum absolute atomic E-state index is 5.95. The van der Waals surface area contributed by atoms with Crippen LogP contribution >= 0.6 is 23.8 Å². The van der Waals surface area contributed by atoms with Crippen LogP contribution in [-0.4, -0.2) is 19.3 Å². The summed E-state index contributed by atoms with van der Waals surface area (Å²) in [4.78, 5) is 0. The van der Waals surface area contributed by atoms with Crippen molar-refractivity contribution in [1.82, 2.24) is 0 Å². The third-order valence-electron chi connectivity index (χ3n) is 3.09. The van der Waals surface area contributed by atoms with E-state index in [2.05, 4.69) is 10.6 Å². The maximum atomic E-state index is 5.95. The van der Waals surface area contributed by atoms with E-state index < -0.39 is 0 Å². The molecule has 0 amide bonds. The highest BCUT2D eigenvalue weighted by molar-refractivity contribution is 7.80. The molecule has 0 aliphatic heterocycles. The first kappa shape index (κ1) is 16.4. The normalized spacial score (nSPS) is 10.0. The SMILES string of the molecule is COc1ccc(OC)c(NC(=S)Nc2ccc(Cl)cc2C)c1. The zero-order valence-electron chi connectivity index (χ0n) is 12.6. The average molecular weight is 337 g/mol. The summed E-state index contributed by atoms with van der Waals surface area (Å²) in [6.45, 7) is 1.96. The lowest BCUT2D eigenvalue weighted by molar-refractivity contribution is 0.405. The molecule has 2 aromatic carbocycles. The molecule has 0 aromatic heterocycles. The van der Waals surface area contributed by atoms with Crippen molar-refractivity contribution in [2.45, 2.75) is 6.92 Å². The van der Waals surface area contributed by atoms with Crippen molar-refractivity contribution in [3.8, 4) is 11.5 Å². The summed E-state index contributed by atoms with van der Waals surface area (Å²) in [6, 6.07) is 11.0. The van der Waals surface area contributed by atoms with Gasteiger partial charge in [0, 0.05) is 16.8 Å². The monoisotopic (exact) mass is 336 g/mol. The average Bonchev–Trinajstić information content (AvgIpc) is 2.50. The van der Waals surface area contributed by atoms with Gasteiger partial charge in [0.15, 0.2) is 5.11 Å². The third kappa shape index (κ3) is 4.02. The predicted octanol–water partition coefficient (Wildman–Crippen LogP) is 4.47. The van der Waals surface area contributed by atoms with Gasteiger partial charge in [0.1, 0.15) is 11.5 Å². The van der Waals surface area contributed by atoms with E-state index in [0.29, 0.717) is 21.6 Å². The topological polar surface area (TPSA) is 42.5 Å². The summed E-state index contributed by atoms with van der Waals surface area (Å²) in [6.07, 6.45) is 0. The number of nitrogens with one attached hydrogen (secondary N) is 2. The second kappa shape index (κ2) is 7.33. The van der Waals surface area contributed by atoms with Gasteiger partial charge in [0.25, 0.3) is 0 Å². The van der Waals surface area contributed by atoms with Crippen LogP contribution in [0.4, 0.5) is 11.4 Å². The lowest BCUT2D eigenvalue weighted by Gasteiger charge is -2.15. The molecule has 0 saturated carbocycles. The van der Waals surface area contributed by atoms with Crippen LogP contribution in [0.5, 0.6) is 11.5 Å².